The van der Waals surface area contributed by atoms with E-state index in [1.165, 1.54) is 6.08 Å². The van der Waals surface area contributed by atoms with Gasteiger partial charge in [0.05, 0.1) is 18.7 Å². The van der Waals surface area contributed by atoms with Gasteiger partial charge in [0.15, 0.2) is 17.3 Å². The van der Waals surface area contributed by atoms with Crippen molar-refractivity contribution >= 4 is 23.6 Å². The Morgan fingerprint density at radius 3 is 2.87 bits per heavy atom. The summed E-state index contributed by atoms with van der Waals surface area (Å²) >= 11 is 6.21. The Morgan fingerprint density at radius 2 is 2.07 bits per heavy atom. The van der Waals surface area contributed by atoms with E-state index in [2.05, 4.69) is 20.5 Å². The molecule has 4 rings (SSSR count). The van der Waals surface area contributed by atoms with Gasteiger partial charge < -0.3 is 19.5 Å². The number of nitrogens with zero attached hydrogens (tertiary/aromatic N) is 2. The maximum absolute atomic E-state index is 12.1. The molecule has 8 nitrogen and oxygen atoms in total. The molecule has 154 valence electrons. The molecule has 0 fully saturated rings. The van der Waals surface area contributed by atoms with Crippen molar-refractivity contribution in [1.29, 1.82) is 0 Å². The Bertz CT molecular complexity index is 1080. The summed E-state index contributed by atoms with van der Waals surface area (Å²) in [6.07, 6.45) is 3.07. The van der Waals surface area contributed by atoms with Crippen molar-refractivity contribution in [2.24, 2.45) is 0 Å². The normalized spacial score (nSPS) is 12.7. The predicted octanol–water partition coefficient (Wildman–Crippen LogP) is 3.23. The highest BCUT2D eigenvalue weighted by molar-refractivity contribution is 6.32. The fraction of sp³-hybridized carbons (Fsp3) is 0.190. The van der Waals surface area contributed by atoms with Crippen LogP contribution in [0.2, 0.25) is 5.02 Å². The van der Waals surface area contributed by atoms with Gasteiger partial charge in [0, 0.05) is 11.6 Å². The molecule has 0 saturated heterocycles. The number of hydrogen-bond acceptors (Lipinski definition) is 6. The number of aromatic nitrogens is 3. The number of halogens is 1. The first-order valence-electron chi connectivity index (χ1n) is 9.23. The number of rotatable bonds is 6. The predicted molar refractivity (Wildman–Crippen MR) is 112 cm³/mol. The Labute approximate surface area is 177 Å². The maximum Gasteiger partial charge on any atom is 0.244 e. The Kier molecular flexibility index (Phi) is 5.85. The zero-order valence-electron chi connectivity index (χ0n) is 16.1. The van der Waals surface area contributed by atoms with Crippen LogP contribution in [0.25, 0.3) is 17.5 Å². The molecular weight excluding hydrogens is 408 g/mol. The standard InChI is InChI=1S/C21H19ClN4O4/c1-28-15-5-3-14(4-6-15)21-24-18(25-26-21)12-23-19(27)7-2-13-10-16(22)20-17(11-13)29-8-9-30-20/h2-7,10-11H,8-9,12H2,1H3,(H,23,27)(H,24,25,26)/b7-2+. The number of ether oxygens (including phenoxy) is 3. The van der Waals surface area contributed by atoms with E-state index in [0.717, 1.165) is 16.9 Å². The van der Waals surface area contributed by atoms with Crippen LogP contribution >= 0.6 is 11.6 Å². The number of carbonyl (C=O) groups excluding carboxylic acids is 1. The van der Waals surface area contributed by atoms with Gasteiger partial charge in [-0.25, -0.2) is 4.98 Å². The molecule has 1 aliphatic rings. The molecule has 2 aromatic carbocycles. The molecule has 1 amide bonds. The summed E-state index contributed by atoms with van der Waals surface area (Å²) in [6.45, 7) is 1.15. The van der Waals surface area contributed by atoms with Crippen LogP contribution in [-0.2, 0) is 11.3 Å². The zero-order valence-corrected chi connectivity index (χ0v) is 16.9. The number of fused-ring (bicyclic) bond motifs is 1. The monoisotopic (exact) mass is 426 g/mol. The highest BCUT2D eigenvalue weighted by Gasteiger charge is 2.16. The first kappa shape index (κ1) is 19.8. The van der Waals surface area contributed by atoms with Gasteiger partial charge in [0.2, 0.25) is 5.91 Å². The Balaban J connectivity index is 1.35. The molecule has 30 heavy (non-hydrogen) atoms. The van der Waals surface area contributed by atoms with Gasteiger partial charge in [-0.2, -0.15) is 5.10 Å². The lowest BCUT2D eigenvalue weighted by atomic mass is 10.1. The fourth-order valence-corrected chi connectivity index (χ4v) is 3.15. The molecule has 2 N–H and O–H groups in total. The average Bonchev–Trinajstić information content (AvgIpc) is 3.25. The molecule has 9 heteroatoms. The topological polar surface area (TPSA) is 98.4 Å². The lowest BCUT2D eigenvalue weighted by Crippen LogP contribution is -2.21. The fourth-order valence-electron chi connectivity index (χ4n) is 2.87. The largest absolute Gasteiger partial charge is 0.497 e. The molecule has 1 aliphatic heterocycles. The third kappa shape index (κ3) is 4.55. The summed E-state index contributed by atoms with van der Waals surface area (Å²) in [4.78, 5) is 16.5. The summed E-state index contributed by atoms with van der Waals surface area (Å²) < 4.78 is 16.2. The third-order valence-corrected chi connectivity index (χ3v) is 4.64. The lowest BCUT2D eigenvalue weighted by molar-refractivity contribution is -0.116. The minimum atomic E-state index is -0.275. The number of methoxy groups -OCH3 is 1. The van der Waals surface area contributed by atoms with Crippen LogP contribution < -0.4 is 19.5 Å². The van der Waals surface area contributed by atoms with Crippen molar-refractivity contribution < 1.29 is 19.0 Å². The molecule has 0 atom stereocenters. The number of nitrogens with one attached hydrogen (secondary N) is 2. The second kappa shape index (κ2) is 8.87. The summed E-state index contributed by atoms with van der Waals surface area (Å²) in [7, 11) is 1.61. The molecule has 0 aliphatic carbocycles. The van der Waals surface area contributed by atoms with Crippen molar-refractivity contribution in [3.63, 3.8) is 0 Å². The number of aromatic amines is 1. The molecule has 3 aromatic rings. The minimum absolute atomic E-state index is 0.216. The Morgan fingerprint density at radius 1 is 1.27 bits per heavy atom. The second-order valence-electron chi connectivity index (χ2n) is 6.41. The van der Waals surface area contributed by atoms with E-state index in [0.29, 0.717) is 41.4 Å². The highest BCUT2D eigenvalue weighted by Crippen LogP contribution is 2.38. The van der Waals surface area contributed by atoms with Gasteiger partial charge in [-0.1, -0.05) is 11.6 Å². The van der Waals surface area contributed by atoms with Gasteiger partial charge in [-0.05, 0) is 48.0 Å². The number of hydrogen-bond donors (Lipinski definition) is 2. The quantitative estimate of drug-likeness (QED) is 0.587. The van der Waals surface area contributed by atoms with Crippen molar-refractivity contribution in [2.45, 2.75) is 6.54 Å². The molecule has 0 radical (unpaired) electrons. The number of carbonyl (C=O) groups is 1. The van der Waals surface area contributed by atoms with Crippen LogP contribution in [0, 0.1) is 0 Å². The van der Waals surface area contributed by atoms with Gasteiger partial charge >= 0.3 is 0 Å². The summed E-state index contributed by atoms with van der Waals surface area (Å²) in [5.74, 6) is 2.67. The first-order valence-corrected chi connectivity index (χ1v) is 9.61. The minimum Gasteiger partial charge on any atom is -0.497 e. The van der Waals surface area contributed by atoms with Crippen LogP contribution in [-0.4, -0.2) is 41.4 Å². The van der Waals surface area contributed by atoms with Crippen molar-refractivity contribution in [3.8, 4) is 28.6 Å². The van der Waals surface area contributed by atoms with E-state index in [1.807, 2.05) is 24.3 Å². The molecule has 1 aromatic heterocycles. The van der Waals surface area contributed by atoms with Crippen LogP contribution in [0.3, 0.4) is 0 Å². The molecular formula is C21H19ClN4O4. The van der Waals surface area contributed by atoms with Gasteiger partial charge in [0.25, 0.3) is 0 Å². The van der Waals surface area contributed by atoms with Crippen LogP contribution in [0.15, 0.2) is 42.5 Å². The van der Waals surface area contributed by atoms with Crippen molar-refractivity contribution in [3.05, 3.63) is 58.9 Å². The smallest absolute Gasteiger partial charge is 0.244 e. The van der Waals surface area contributed by atoms with E-state index in [4.69, 9.17) is 25.8 Å². The van der Waals surface area contributed by atoms with Crippen LogP contribution in [0.4, 0.5) is 0 Å². The summed E-state index contributed by atoms with van der Waals surface area (Å²) in [5.41, 5.74) is 1.58. The van der Waals surface area contributed by atoms with Gasteiger partial charge in [0.1, 0.15) is 24.8 Å². The van der Waals surface area contributed by atoms with Crippen LogP contribution in [0.1, 0.15) is 11.4 Å². The summed E-state index contributed by atoms with van der Waals surface area (Å²) in [5, 5.41) is 10.2. The molecule has 0 spiro atoms. The summed E-state index contributed by atoms with van der Waals surface area (Å²) in [6, 6.07) is 10.9. The molecule has 0 saturated carbocycles. The van der Waals surface area contributed by atoms with Gasteiger partial charge in [-0.15, -0.1) is 0 Å². The third-order valence-electron chi connectivity index (χ3n) is 4.36. The Hall–Kier alpha value is -3.52. The highest BCUT2D eigenvalue weighted by atomic mass is 35.5. The maximum atomic E-state index is 12.1. The molecule has 0 unspecified atom stereocenters. The number of H-pyrrole nitrogens is 1. The van der Waals surface area contributed by atoms with Crippen LogP contribution in [0.5, 0.6) is 17.2 Å². The number of amides is 1. The molecule has 2 heterocycles. The van der Waals surface area contributed by atoms with E-state index in [9.17, 15) is 4.79 Å². The first-order chi connectivity index (χ1) is 14.6. The number of benzene rings is 2. The van der Waals surface area contributed by atoms with Gasteiger partial charge in [-0.3, -0.25) is 9.89 Å². The van der Waals surface area contributed by atoms with Crippen molar-refractivity contribution in [1.82, 2.24) is 20.5 Å². The lowest BCUT2D eigenvalue weighted by Gasteiger charge is -2.19. The average molecular weight is 427 g/mol. The van der Waals surface area contributed by atoms with E-state index < -0.39 is 0 Å². The van der Waals surface area contributed by atoms with E-state index in [-0.39, 0.29) is 12.5 Å². The van der Waals surface area contributed by atoms with E-state index in [1.54, 1.807) is 25.3 Å². The molecule has 0 bridgehead atoms. The SMILES string of the molecule is COc1ccc(-c2n[nH]c(CNC(=O)/C=C/c3cc(Cl)c4c(c3)OCCO4)n2)cc1. The second-order valence-corrected chi connectivity index (χ2v) is 6.82. The zero-order chi connectivity index (χ0) is 20.9. The van der Waals surface area contributed by atoms with E-state index >= 15 is 0 Å². The van der Waals surface area contributed by atoms with Crippen molar-refractivity contribution in [2.75, 3.05) is 20.3 Å².